The summed E-state index contributed by atoms with van der Waals surface area (Å²) >= 11 is 0. The van der Waals surface area contributed by atoms with Gasteiger partial charge in [0.25, 0.3) is 0 Å². The summed E-state index contributed by atoms with van der Waals surface area (Å²) in [4.78, 5) is 16.9. The largest absolute Gasteiger partial charge is 0.361 e. The summed E-state index contributed by atoms with van der Waals surface area (Å²) in [6, 6.07) is 2.18. The highest BCUT2D eigenvalue weighted by Gasteiger charge is 2.30. The Morgan fingerprint density at radius 1 is 1.36 bits per heavy atom. The molecule has 1 aliphatic carbocycles. The number of hydrogen-bond acceptors (Lipinski definition) is 5. The minimum atomic E-state index is 0.147. The Balaban J connectivity index is 1.47. The third-order valence-electron chi connectivity index (χ3n) is 4.81. The summed E-state index contributed by atoms with van der Waals surface area (Å²) in [5.74, 6) is 1.30. The van der Waals surface area contributed by atoms with Crippen LogP contribution in [0.5, 0.6) is 0 Å². The number of hydrogen-bond donors (Lipinski definition) is 1. The van der Waals surface area contributed by atoms with Crippen molar-refractivity contribution in [1.82, 2.24) is 15.0 Å². The van der Waals surface area contributed by atoms with E-state index in [4.69, 9.17) is 10.3 Å². The smallest absolute Gasteiger partial charge is 0.225 e. The first-order chi connectivity index (χ1) is 10.6. The molecule has 6 heteroatoms. The summed E-state index contributed by atoms with van der Waals surface area (Å²) in [7, 11) is 0. The molecule has 2 fully saturated rings. The zero-order valence-electron chi connectivity index (χ0n) is 13.3. The molecule has 1 aliphatic heterocycles. The molecule has 0 radical (unpaired) electrons. The molecule has 1 saturated carbocycles. The molecule has 0 bridgehead atoms. The van der Waals surface area contributed by atoms with Gasteiger partial charge in [0.15, 0.2) is 0 Å². The maximum Gasteiger partial charge on any atom is 0.225 e. The van der Waals surface area contributed by atoms with Gasteiger partial charge >= 0.3 is 0 Å². The molecule has 1 aromatic heterocycles. The van der Waals surface area contributed by atoms with E-state index in [1.807, 2.05) is 17.9 Å². The van der Waals surface area contributed by atoms with E-state index in [0.29, 0.717) is 5.91 Å². The standard InChI is InChI=1S/C16H26N4O2/c1-12-9-15(18-22-12)11-19-5-7-20(8-6-19)16(21)13-3-2-4-14(17)10-13/h9,13-14H,2-8,10-11,17H2,1H3/t13-,14+/m1/s1. The van der Waals surface area contributed by atoms with Gasteiger partial charge in [-0.1, -0.05) is 11.6 Å². The van der Waals surface area contributed by atoms with Crippen molar-refractivity contribution in [2.75, 3.05) is 26.2 Å². The topological polar surface area (TPSA) is 75.6 Å². The third kappa shape index (κ3) is 3.67. The lowest BCUT2D eigenvalue weighted by atomic mass is 9.85. The van der Waals surface area contributed by atoms with Crippen molar-refractivity contribution in [1.29, 1.82) is 0 Å². The van der Waals surface area contributed by atoms with Crippen molar-refractivity contribution in [2.24, 2.45) is 11.7 Å². The Bertz CT molecular complexity index is 508. The van der Waals surface area contributed by atoms with Crippen LogP contribution >= 0.6 is 0 Å². The fourth-order valence-electron chi connectivity index (χ4n) is 3.56. The number of piperazine rings is 1. The van der Waals surface area contributed by atoms with Gasteiger partial charge in [-0.3, -0.25) is 9.69 Å². The summed E-state index contributed by atoms with van der Waals surface area (Å²) in [6.45, 7) is 6.12. The predicted octanol–water partition coefficient (Wildman–Crippen LogP) is 1.14. The molecule has 0 unspecified atom stereocenters. The fraction of sp³-hybridized carbons (Fsp3) is 0.750. The van der Waals surface area contributed by atoms with Crippen molar-refractivity contribution in [3.63, 3.8) is 0 Å². The molecule has 0 aromatic carbocycles. The van der Waals surface area contributed by atoms with Crippen LogP contribution in [0.25, 0.3) is 0 Å². The minimum Gasteiger partial charge on any atom is -0.361 e. The van der Waals surface area contributed by atoms with Crippen molar-refractivity contribution >= 4 is 5.91 Å². The number of nitrogens with two attached hydrogens (primary N) is 1. The van der Waals surface area contributed by atoms with Gasteiger partial charge in [-0.15, -0.1) is 0 Å². The molecule has 122 valence electrons. The van der Waals surface area contributed by atoms with Crippen LogP contribution in [0.1, 0.15) is 37.1 Å². The van der Waals surface area contributed by atoms with Gasteiger partial charge in [0.2, 0.25) is 5.91 Å². The second-order valence-electron chi connectivity index (χ2n) is 6.65. The number of carbonyl (C=O) groups is 1. The number of nitrogens with zero attached hydrogens (tertiary/aromatic N) is 3. The van der Waals surface area contributed by atoms with E-state index in [1.165, 1.54) is 0 Å². The minimum absolute atomic E-state index is 0.147. The molecule has 2 N–H and O–H groups in total. The molecule has 2 aliphatic rings. The van der Waals surface area contributed by atoms with Crippen LogP contribution in [-0.4, -0.2) is 53.1 Å². The molecular formula is C16H26N4O2. The van der Waals surface area contributed by atoms with Crippen molar-refractivity contribution in [3.8, 4) is 0 Å². The number of carbonyl (C=O) groups excluding carboxylic acids is 1. The lowest BCUT2D eigenvalue weighted by Gasteiger charge is -2.37. The normalized spacial score (nSPS) is 27.1. The first-order valence-electron chi connectivity index (χ1n) is 8.31. The SMILES string of the molecule is Cc1cc(CN2CCN(C(=O)[C@@H]3CCC[C@H](N)C3)CC2)no1. The van der Waals surface area contributed by atoms with E-state index in [-0.39, 0.29) is 12.0 Å². The van der Waals surface area contributed by atoms with Gasteiger partial charge in [-0.25, -0.2) is 0 Å². The molecule has 2 atom stereocenters. The Hall–Kier alpha value is -1.40. The monoisotopic (exact) mass is 306 g/mol. The van der Waals surface area contributed by atoms with Crippen LogP contribution in [0.2, 0.25) is 0 Å². The van der Waals surface area contributed by atoms with Gasteiger partial charge in [0.1, 0.15) is 5.76 Å². The van der Waals surface area contributed by atoms with Crippen LogP contribution in [0, 0.1) is 12.8 Å². The van der Waals surface area contributed by atoms with Crippen LogP contribution in [0.4, 0.5) is 0 Å². The van der Waals surface area contributed by atoms with Crippen LogP contribution < -0.4 is 5.73 Å². The molecular weight excluding hydrogens is 280 g/mol. The highest BCUT2D eigenvalue weighted by atomic mass is 16.5. The molecule has 1 saturated heterocycles. The molecule has 3 rings (SSSR count). The van der Waals surface area contributed by atoms with Gasteiger partial charge in [0.05, 0.1) is 5.69 Å². The van der Waals surface area contributed by atoms with Crippen molar-refractivity contribution in [3.05, 3.63) is 17.5 Å². The zero-order valence-corrected chi connectivity index (χ0v) is 13.3. The summed E-state index contributed by atoms with van der Waals surface area (Å²) in [5.41, 5.74) is 6.98. The van der Waals surface area contributed by atoms with Crippen molar-refractivity contribution in [2.45, 2.75) is 45.2 Å². The third-order valence-corrected chi connectivity index (χ3v) is 4.81. The number of aryl methyl sites for hydroxylation is 1. The first kappa shape index (κ1) is 15.5. The fourth-order valence-corrected chi connectivity index (χ4v) is 3.56. The number of rotatable bonds is 3. The molecule has 1 amide bonds. The van der Waals surface area contributed by atoms with Crippen molar-refractivity contribution < 1.29 is 9.32 Å². The molecule has 1 aromatic rings. The predicted molar refractivity (Wildman–Crippen MR) is 83.0 cm³/mol. The highest BCUT2D eigenvalue weighted by Crippen LogP contribution is 2.25. The van der Waals surface area contributed by atoms with Crippen LogP contribution in [-0.2, 0) is 11.3 Å². The van der Waals surface area contributed by atoms with Gasteiger partial charge < -0.3 is 15.2 Å². The maximum absolute atomic E-state index is 12.6. The van der Waals surface area contributed by atoms with Crippen LogP contribution in [0.3, 0.4) is 0 Å². The Morgan fingerprint density at radius 3 is 2.77 bits per heavy atom. The molecule has 2 heterocycles. The van der Waals surface area contributed by atoms with E-state index >= 15 is 0 Å². The van der Waals surface area contributed by atoms with E-state index in [1.54, 1.807) is 0 Å². The lowest BCUT2D eigenvalue weighted by Crippen LogP contribution is -2.51. The quantitative estimate of drug-likeness (QED) is 0.906. The molecule has 0 spiro atoms. The summed E-state index contributed by atoms with van der Waals surface area (Å²) in [5, 5.41) is 4.03. The average molecular weight is 306 g/mol. The van der Waals surface area contributed by atoms with E-state index in [9.17, 15) is 4.79 Å². The lowest BCUT2D eigenvalue weighted by molar-refractivity contribution is -0.138. The zero-order chi connectivity index (χ0) is 15.5. The number of aromatic nitrogens is 1. The maximum atomic E-state index is 12.6. The summed E-state index contributed by atoms with van der Waals surface area (Å²) in [6.07, 6.45) is 4.01. The first-order valence-corrected chi connectivity index (χ1v) is 8.31. The Labute approximate surface area is 131 Å². The second-order valence-corrected chi connectivity index (χ2v) is 6.65. The highest BCUT2D eigenvalue weighted by molar-refractivity contribution is 5.79. The Kier molecular flexibility index (Phi) is 4.78. The average Bonchev–Trinajstić information content (AvgIpc) is 2.92. The number of amides is 1. The van der Waals surface area contributed by atoms with Crippen LogP contribution in [0.15, 0.2) is 10.6 Å². The Morgan fingerprint density at radius 2 is 2.14 bits per heavy atom. The molecule has 22 heavy (non-hydrogen) atoms. The summed E-state index contributed by atoms with van der Waals surface area (Å²) < 4.78 is 5.10. The van der Waals surface area contributed by atoms with Gasteiger partial charge in [-0.2, -0.15) is 0 Å². The second kappa shape index (κ2) is 6.79. The molecule has 6 nitrogen and oxygen atoms in total. The van der Waals surface area contributed by atoms with E-state index < -0.39 is 0 Å². The van der Waals surface area contributed by atoms with Gasteiger partial charge in [0, 0.05) is 50.7 Å². The van der Waals surface area contributed by atoms with E-state index in [0.717, 1.165) is 69.9 Å². The van der Waals surface area contributed by atoms with Gasteiger partial charge in [-0.05, 0) is 26.2 Å². The van der Waals surface area contributed by atoms with E-state index in [2.05, 4.69) is 10.1 Å².